The molecule has 3 heteroatoms. The molecule has 0 saturated heterocycles. The topological polar surface area (TPSA) is 29.3 Å². The molecule has 1 aromatic carbocycles. The predicted molar refractivity (Wildman–Crippen MR) is 71.5 cm³/mol. The summed E-state index contributed by atoms with van der Waals surface area (Å²) in [6, 6.07) is 5.53. The van der Waals surface area contributed by atoms with Crippen LogP contribution in [0.5, 0.6) is 0 Å². The molecule has 0 unspecified atom stereocenters. The minimum Gasteiger partial charge on any atom is -0.399 e. The first-order valence-electron chi connectivity index (χ1n) is 5.15. The second kappa shape index (κ2) is 6.36. The molecule has 2 N–H and O–H groups in total. The van der Waals surface area contributed by atoms with Crippen molar-refractivity contribution in [3.05, 3.63) is 54.1 Å². The highest BCUT2D eigenvalue weighted by molar-refractivity contribution is 6.31. The molecule has 0 aliphatic carbocycles. The quantitative estimate of drug-likeness (QED) is 0.608. The molecule has 16 heavy (non-hydrogen) atoms. The van der Waals surface area contributed by atoms with E-state index in [2.05, 4.69) is 18.1 Å². The highest BCUT2D eigenvalue weighted by Crippen LogP contribution is 2.20. The third-order valence-electron chi connectivity index (χ3n) is 2.24. The van der Waals surface area contributed by atoms with Crippen molar-refractivity contribution in [3.63, 3.8) is 0 Å². The first-order valence-corrected chi connectivity index (χ1v) is 5.53. The Balaban J connectivity index is 2.79. The lowest BCUT2D eigenvalue weighted by molar-refractivity contribution is 0.328. The Morgan fingerprint density at radius 3 is 2.44 bits per heavy atom. The Bertz CT molecular complexity index is 364. The zero-order valence-electron chi connectivity index (χ0n) is 9.32. The summed E-state index contributed by atoms with van der Waals surface area (Å²) < 4.78 is 0. The average Bonchev–Trinajstić information content (AvgIpc) is 2.24. The van der Waals surface area contributed by atoms with Gasteiger partial charge in [0.15, 0.2) is 0 Å². The van der Waals surface area contributed by atoms with Gasteiger partial charge in [0.1, 0.15) is 0 Å². The number of hydrogen-bond donors (Lipinski definition) is 1. The lowest BCUT2D eigenvalue weighted by atomic mass is 10.2. The van der Waals surface area contributed by atoms with Gasteiger partial charge in [-0.1, -0.05) is 23.8 Å². The van der Waals surface area contributed by atoms with Crippen molar-refractivity contribution in [2.45, 2.75) is 6.54 Å². The maximum absolute atomic E-state index is 6.11. The van der Waals surface area contributed by atoms with Crippen LogP contribution in [0.4, 0.5) is 5.69 Å². The van der Waals surface area contributed by atoms with E-state index in [1.165, 1.54) is 0 Å². The van der Waals surface area contributed by atoms with E-state index in [0.29, 0.717) is 0 Å². The molecule has 2 nitrogen and oxygen atoms in total. The molecule has 0 radical (unpaired) electrons. The summed E-state index contributed by atoms with van der Waals surface area (Å²) in [7, 11) is 0. The van der Waals surface area contributed by atoms with E-state index in [1.807, 2.05) is 24.3 Å². The molecule has 0 bridgehead atoms. The van der Waals surface area contributed by atoms with Crippen molar-refractivity contribution in [1.29, 1.82) is 0 Å². The first-order chi connectivity index (χ1) is 7.67. The number of nitrogen functional groups attached to an aromatic ring is 1. The Morgan fingerprint density at radius 2 is 1.88 bits per heavy atom. The summed E-state index contributed by atoms with van der Waals surface area (Å²) in [5.74, 6) is 0. The molecule has 0 spiro atoms. The van der Waals surface area contributed by atoms with Crippen molar-refractivity contribution in [3.8, 4) is 0 Å². The average molecular weight is 237 g/mol. The molecular formula is C13H17ClN2. The molecule has 1 aromatic rings. The van der Waals surface area contributed by atoms with Gasteiger partial charge in [0.05, 0.1) is 0 Å². The number of benzene rings is 1. The summed E-state index contributed by atoms with van der Waals surface area (Å²) in [5.41, 5.74) is 7.50. The van der Waals surface area contributed by atoms with Crippen LogP contribution in [0.1, 0.15) is 5.56 Å². The lowest BCUT2D eigenvalue weighted by Gasteiger charge is -2.19. The molecule has 0 heterocycles. The van der Waals surface area contributed by atoms with Gasteiger partial charge in [-0.3, -0.25) is 4.90 Å². The van der Waals surface area contributed by atoms with Crippen molar-refractivity contribution in [2.24, 2.45) is 0 Å². The maximum atomic E-state index is 6.11. The molecule has 0 aromatic heterocycles. The molecule has 1 rings (SSSR count). The van der Waals surface area contributed by atoms with Gasteiger partial charge in [0.25, 0.3) is 0 Å². The SMILES string of the molecule is C=CCN(CC=C)Cc1cc(N)ccc1Cl. The van der Waals surface area contributed by atoms with Gasteiger partial charge in [-0.05, 0) is 23.8 Å². The normalized spacial score (nSPS) is 10.4. The molecule has 0 saturated carbocycles. The molecule has 0 fully saturated rings. The van der Waals surface area contributed by atoms with Crippen LogP contribution in [0.25, 0.3) is 0 Å². The van der Waals surface area contributed by atoms with E-state index in [9.17, 15) is 0 Å². The van der Waals surface area contributed by atoms with Crippen molar-refractivity contribution < 1.29 is 0 Å². The number of anilines is 1. The van der Waals surface area contributed by atoms with Gasteiger partial charge in [0, 0.05) is 30.3 Å². The van der Waals surface area contributed by atoms with Crippen LogP contribution in [-0.2, 0) is 6.54 Å². The second-order valence-electron chi connectivity index (χ2n) is 3.62. The number of nitrogens with zero attached hydrogens (tertiary/aromatic N) is 1. The minimum absolute atomic E-state index is 0.733. The first kappa shape index (κ1) is 12.8. The van der Waals surface area contributed by atoms with Gasteiger partial charge in [-0.15, -0.1) is 13.2 Å². The van der Waals surface area contributed by atoms with Crippen LogP contribution in [0.3, 0.4) is 0 Å². The maximum Gasteiger partial charge on any atom is 0.0452 e. The molecule has 86 valence electrons. The number of hydrogen-bond acceptors (Lipinski definition) is 2. The minimum atomic E-state index is 0.733. The van der Waals surface area contributed by atoms with Gasteiger partial charge in [-0.2, -0.15) is 0 Å². The smallest absolute Gasteiger partial charge is 0.0452 e. The Hall–Kier alpha value is -1.25. The van der Waals surface area contributed by atoms with Crippen LogP contribution in [0.2, 0.25) is 5.02 Å². The van der Waals surface area contributed by atoms with E-state index in [4.69, 9.17) is 17.3 Å². The van der Waals surface area contributed by atoms with Gasteiger partial charge in [0.2, 0.25) is 0 Å². The monoisotopic (exact) mass is 236 g/mol. The van der Waals surface area contributed by atoms with E-state index in [1.54, 1.807) is 6.07 Å². The zero-order valence-corrected chi connectivity index (χ0v) is 10.1. The Labute approximate surface area is 102 Å². The Morgan fingerprint density at radius 1 is 1.25 bits per heavy atom. The summed E-state index contributed by atoms with van der Waals surface area (Å²) in [6.07, 6.45) is 3.73. The van der Waals surface area contributed by atoms with Crippen molar-refractivity contribution in [2.75, 3.05) is 18.8 Å². The molecular weight excluding hydrogens is 220 g/mol. The fourth-order valence-electron chi connectivity index (χ4n) is 1.53. The van der Waals surface area contributed by atoms with Crippen LogP contribution < -0.4 is 5.73 Å². The molecule has 0 amide bonds. The van der Waals surface area contributed by atoms with E-state index < -0.39 is 0 Å². The van der Waals surface area contributed by atoms with Crippen LogP contribution in [0.15, 0.2) is 43.5 Å². The van der Waals surface area contributed by atoms with Crippen LogP contribution in [-0.4, -0.2) is 18.0 Å². The van der Waals surface area contributed by atoms with Crippen molar-refractivity contribution >= 4 is 17.3 Å². The van der Waals surface area contributed by atoms with Crippen LogP contribution in [0, 0.1) is 0 Å². The van der Waals surface area contributed by atoms with Gasteiger partial charge < -0.3 is 5.73 Å². The fourth-order valence-corrected chi connectivity index (χ4v) is 1.70. The van der Waals surface area contributed by atoms with Gasteiger partial charge >= 0.3 is 0 Å². The third-order valence-corrected chi connectivity index (χ3v) is 2.61. The highest BCUT2D eigenvalue weighted by atomic mass is 35.5. The Kier molecular flexibility index (Phi) is 5.09. The molecule has 0 aliphatic rings. The predicted octanol–water partition coefficient (Wildman–Crippen LogP) is 3.10. The van der Waals surface area contributed by atoms with Crippen molar-refractivity contribution in [1.82, 2.24) is 4.90 Å². The third kappa shape index (κ3) is 3.72. The molecule has 0 aliphatic heterocycles. The lowest BCUT2D eigenvalue weighted by Crippen LogP contribution is -2.23. The standard InChI is InChI=1S/C13H17ClN2/c1-3-7-16(8-4-2)10-11-9-12(15)5-6-13(11)14/h3-6,9H,1-2,7-8,10,15H2. The van der Waals surface area contributed by atoms with E-state index in [0.717, 1.165) is 35.9 Å². The fraction of sp³-hybridized carbons (Fsp3) is 0.231. The second-order valence-corrected chi connectivity index (χ2v) is 4.03. The zero-order chi connectivity index (χ0) is 12.0. The molecule has 0 atom stereocenters. The number of nitrogens with two attached hydrogens (primary N) is 1. The largest absolute Gasteiger partial charge is 0.399 e. The van der Waals surface area contributed by atoms with E-state index in [-0.39, 0.29) is 0 Å². The van der Waals surface area contributed by atoms with Crippen LogP contribution >= 0.6 is 11.6 Å². The summed E-state index contributed by atoms with van der Waals surface area (Å²) >= 11 is 6.11. The van der Waals surface area contributed by atoms with Gasteiger partial charge in [-0.25, -0.2) is 0 Å². The number of halogens is 1. The summed E-state index contributed by atoms with van der Waals surface area (Å²) in [5, 5.41) is 0.743. The highest BCUT2D eigenvalue weighted by Gasteiger charge is 2.06. The van der Waals surface area contributed by atoms with E-state index >= 15 is 0 Å². The summed E-state index contributed by atoms with van der Waals surface area (Å²) in [4.78, 5) is 2.18. The number of rotatable bonds is 6. The summed E-state index contributed by atoms with van der Waals surface area (Å²) in [6.45, 7) is 9.82.